The highest BCUT2D eigenvalue weighted by atomic mass is 79.9. The van der Waals surface area contributed by atoms with E-state index in [0.29, 0.717) is 11.3 Å². The number of carbonyl (C=O) groups is 1. The number of halogens is 1. The fourth-order valence-corrected chi connectivity index (χ4v) is 1.70. The molecule has 0 aromatic heterocycles. The van der Waals surface area contributed by atoms with E-state index >= 15 is 0 Å². The zero-order valence-corrected chi connectivity index (χ0v) is 14.1. The predicted molar refractivity (Wildman–Crippen MR) is 89.5 cm³/mol. The van der Waals surface area contributed by atoms with Crippen LogP contribution in [0, 0.1) is 0 Å². The molecule has 1 rings (SSSR count). The number of rotatable bonds is 5. The summed E-state index contributed by atoms with van der Waals surface area (Å²) in [6.45, 7) is 7.97. The number of carbonyl (C=O) groups excluding carboxylic acids is 1. The topological polar surface area (TPSA) is 55.1 Å². The van der Waals surface area contributed by atoms with Crippen LogP contribution < -0.4 is 11.1 Å². The minimum absolute atomic E-state index is 0.0331. The van der Waals surface area contributed by atoms with Crippen LogP contribution >= 0.6 is 15.9 Å². The fourth-order valence-electron chi connectivity index (χ4n) is 1.44. The highest BCUT2D eigenvalue weighted by molar-refractivity contribution is 9.10. The normalized spacial score (nSPS) is 11.4. The highest BCUT2D eigenvalue weighted by Crippen LogP contribution is 2.11. The summed E-state index contributed by atoms with van der Waals surface area (Å²) in [5.74, 6) is 0.0331. The van der Waals surface area contributed by atoms with Crippen molar-refractivity contribution in [1.29, 1.82) is 0 Å². The Bertz CT molecular complexity index is 476. The van der Waals surface area contributed by atoms with E-state index in [4.69, 9.17) is 5.73 Å². The first-order chi connectivity index (χ1) is 9.58. The van der Waals surface area contributed by atoms with Gasteiger partial charge in [0.2, 0.25) is 0 Å². The van der Waals surface area contributed by atoms with Gasteiger partial charge in [0, 0.05) is 10.0 Å². The molecule has 0 amide bonds. The van der Waals surface area contributed by atoms with Crippen molar-refractivity contribution in [3.05, 3.63) is 57.8 Å². The van der Waals surface area contributed by atoms with Gasteiger partial charge in [-0.1, -0.05) is 54.1 Å². The molecule has 3 N–H and O–H groups in total. The first-order valence-corrected chi connectivity index (χ1v) is 7.49. The Morgan fingerprint density at radius 3 is 2.20 bits per heavy atom. The van der Waals surface area contributed by atoms with Gasteiger partial charge < -0.3 is 11.1 Å². The second-order valence-corrected chi connectivity index (χ2v) is 4.65. The number of hydrogen-bond acceptors (Lipinski definition) is 3. The fraction of sp³-hybridized carbons (Fsp3) is 0.312. The SMILES string of the molecule is C/C=C(N)\C(=C/C)NCC(=O)c1ccc(Br)cc1.CC. The molecule has 1 aromatic rings. The van der Waals surface area contributed by atoms with E-state index < -0.39 is 0 Å². The molecule has 1 aromatic carbocycles. The van der Waals surface area contributed by atoms with E-state index in [-0.39, 0.29) is 12.3 Å². The van der Waals surface area contributed by atoms with Crippen molar-refractivity contribution < 1.29 is 4.79 Å². The zero-order chi connectivity index (χ0) is 15.5. The van der Waals surface area contributed by atoms with Gasteiger partial charge in [0.05, 0.1) is 17.9 Å². The summed E-state index contributed by atoms with van der Waals surface area (Å²) in [5.41, 5.74) is 7.89. The Morgan fingerprint density at radius 2 is 1.75 bits per heavy atom. The third kappa shape index (κ3) is 6.06. The molecule has 0 bridgehead atoms. The molecule has 0 heterocycles. The third-order valence-electron chi connectivity index (χ3n) is 2.52. The van der Waals surface area contributed by atoms with Crippen LogP contribution in [0.2, 0.25) is 0 Å². The monoisotopic (exact) mass is 338 g/mol. The van der Waals surface area contributed by atoms with Crippen molar-refractivity contribution >= 4 is 21.7 Å². The Morgan fingerprint density at radius 1 is 1.20 bits per heavy atom. The van der Waals surface area contributed by atoms with Gasteiger partial charge in [-0.05, 0) is 26.0 Å². The maximum Gasteiger partial charge on any atom is 0.181 e. The van der Waals surface area contributed by atoms with Gasteiger partial charge in [0.1, 0.15) is 0 Å². The van der Waals surface area contributed by atoms with Crippen LogP contribution in [0.5, 0.6) is 0 Å². The van der Waals surface area contributed by atoms with E-state index in [0.717, 1.165) is 10.2 Å². The van der Waals surface area contributed by atoms with Crippen molar-refractivity contribution in [1.82, 2.24) is 5.32 Å². The second kappa shape index (κ2) is 10.3. The number of ketones is 1. The summed E-state index contributed by atoms with van der Waals surface area (Å²) in [7, 11) is 0. The standard InChI is InChI=1S/C14H17BrN2O.C2H6/c1-3-12(16)13(4-2)17-9-14(18)10-5-7-11(15)8-6-10;1-2/h3-8,17H,9,16H2,1-2H3;1-2H3/b12-3+,13-4+;. The van der Waals surface area contributed by atoms with Crippen molar-refractivity contribution in [3.8, 4) is 0 Å². The minimum atomic E-state index is 0.0331. The number of allylic oxidation sites excluding steroid dienone is 2. The molecular formula is C16H23BrN2O. The average Bonchev–Trinajstić information content (AvgIpc) is 2.50. The van der Waals surface area contributed by atoms with Crippen molar-refractivity contribution in [2.75, 3.05) is 6.54 Å². The van der Waals surface area contributed by atoms with E-state index in [1.54, 1.807) is 18.2 Å². The summed E-state index contributed by atoms with van der Waals surface area (Å²) in [6.07, 6.45) is 3.65. The lowest BCUT2D eigenvalue weighted by Gasteiger charge is -2.10. The van der Waals surface area contributed by atoms with E-state index in [1.807, 2.05) is 45.9 Å². The first-order valence-electron chi connectivity index (χ1n) is 6.69. The molecular weight excluding hydrogens is 316 g/mol. The molecule has 4 heteroatoms. The molecule has 0 aliphatic carbocycles. The molecule has 110 valence electrons. The summed E-state index contributed by atoms with van der Waals surface area (Å²) >= 11 is 3.34. The Kier molecular flexibility index (Phi) is 9.47. The van der Waals surface area contributed by atoms with Gasteiger partial charge in [-0.25, -0.2) is 0 Å². The second-order valence-electron chi connectivity index (χ2n) is 3.73. The summed E-state index contributed by atoms with van der Waals surface area (Å²) in [6, 6.07) is 7.29. The lowest BCUT2D eigenvalue weighted by Crippen LogP contribution is -2.25. The van der Waals surface area contributed by atoms with E-state index in [9.17, 15) is 4.79 Å². The summed E-state index contributed by atoms with van der Waals surface area (Å²) < 4.78 is 0.958. The van der Waals surface area contributed by atoms with E-state index in [1.165, 1.54) is 0 Å². The minimum Gasteiger partial charge on any atom is -0.397 e. The van der Waals surface area contributed by atoms with E-state index in [2.05, 4.69) is 21.2 Å². The Hall–Kier alpha value is -1.55. The zero-order valence-electron chi connectivity index (χ0n) is 12.5. The van der Waals surface area contributed by atoms with Gasteiger partial charge in [0.15, 0.2) is 5.78 Å². The Balaban J connectivity index is 0.00000172. The van der Waals surface area contributed by atoms with Crippen LogP contribution in [-0.2, 0) is 0 Å². The molecule has 0 spiro atoms. The van der Waals surface area contributed by atoms with Crippen molar-refractivity contribution in [2.45, 2.75) is 27.7 Å². The molecule has 20 heavy (non-hydrogen) atoms. The molecule has 0 radical (unpaired) electrons. The number of hydrogen-bond donors (Lipinski definition) is 2. The van der Waals surface area contributed by atoms with Crippen LogP contribution in [0.4, 0.5) is 0 Å². The number of nitrogens with two attached hydrogens (primary N) is 1. The maximum absolute atomic E-state index is 11.9. The molecule has 0 saturated carbocycles. The molecule has 0 unspecified atom stereocenters. The van der Waals surface area contributed by atoms with Crippen LogP contribution in [0.25, 0.3) is 0 Å². The molecule has 0 aliphatic heterocycles. The summed E-state index contributed by atoms with van der Waals surface area (Å²) in [5, 5.41) is 3.04. The van der Waals surface area contributed by atoms with Crippen molar-refractivity contribution in [2.24, 2.45) is 5.73 Å². The van der Waals surface area contributed by atoms with Gasteiger partial charge in [0.25, 0.3) is 0 Å². The maximum atomic E-state index is 11.9. The Labute approximate surface area is 130 Å². The number of benzene rings is 1. The largest absolute Gasteiger partial charge is 0.397 e. The lowest BCUT2D eigenvalue weighted by atomic mass is 10.1. The first kappa shape index (κ1) is 18.4. The molecule has 0 aliphatic rings. The third-order valence-corrected chi connectivity index (χ3v) is 3.04. The number of Topliss-reactive ketones (excluding diaryl/α,β-unsaturated/α-hetero) is 1. The van der Waals surface area contributed by atoms with Gasteiger partial charge in [-0.2, -0.15) is 0 Å². The highest BCUT2D eigenvalue weighted by Gasteiger charge is 2.06. The summed E-state index contributed by atoms with van der Waals surface area (Å²) in [4.78, 5) is 11.9. The van der Waals surface area contributed by atoms with Gasteiger partial charge >= 0.3 is 0 Å². The molecule has 3 nitrogen and oxygen atoms in total. The quantitative estimate of drug-likeness (QED) is 0.629. The molecule has 0 fully saturated rings. The molecule has 0 atom stereocenters. The smallest absolute Gasteiger partial charge is 0.181 e. The predicted octanol–water partition coefficient (Wildman–Crippen LogP) is 4.01. The van der Waals surface area contributed by atoms with Crippen LogP contribution in [0.15, 0.2) is 52.3 Å². The molecule has 0 saturated heterocycles. The van der Waals surface area contributed by atoms with Crippen LogP contribution in [-0.4, -0.2) is 12.3 Å². The van der Waals surface area contributed by atoms with Gasteiger partial charge in [-0.15, -0.1) is 0 Å². The van der Waals surface area contributed by atoms with Crippen molar-refractivity contribution in [3.63, 3.8) is 0 Å². The number of nitrogens with one attached hydrogen (secondary N) is 1. The lowest BCUT2D eigenvalue weighted by molar-refractivity contribution is 0.0994. The van der Waals surface area contributed by atoms with Gasteiger partial charge in [-0.3, -0.25) is 4.79 Å². The van der Waals surface area contributed by atoms with Crippen LogP contribution in [0.1, 0.15) is 38.1 Å². The average molecular weight is 339 g/mol. The van der Waals surface area contributed by atoms with Crippen LogP contribution in [0.3, 0.4) is 0 Å².